The highest BCUT2D eigenvalue weighted by Crippen LogP contribution is 2.09. The van der Waals surface area contributed by atoms with Crippen molar-refractivity contribution < 1.29 is 0 Å². The summed E-state index contributed by atoms with van der Waals surface area (Å²) in [5, 5.41) is 3.45. The first-order valence-electron chi connectivity index (χ1n) is 5.11. The molecule has 2 nitrogen and oxygen atoms in total. The van der Waals surface area contributed by atoms with Crippen LogP contribution in [-0.2, 0) is 0 Å². The molecule has 1 aliphatic heterocycles. The van der Waals surface area contributed by atoms with E-state index < -0.39 is 0 Å². The number of piperidine rings is 1. The Bertz CT molecular complexity index is 117. The molecule has 0 radical (unpaired) electrons. The minimum Gasteiger partial charge on any atom is -0.315 e. The SMILES string of the molecule is CC(C)CN(C)C1CCCNC1. The van der Waals surface area contributed by atoms with Gasteiger partial charge < -0.3 is 10.2 Å². The Morgan fingerprint density at radius 1 is 1.50 bits per heavy atom. The van der Waals surface area contributed by atoms with E-state index in [1.165, 1.54) is 32.5 Å². The highest BCUT2D eigenvalue weighted by Gasteiger charge is 2.17. The van der Waals surface area contributed by atoms with Crippen molar-refractivity contribution in [3.63, 3.8) is 0 Å². The number of nitrogens with one attached hydrogen (secondary N) is 1. The molecule has 1 aliphatic rings. The van der Waals surface area contributed by atoms with Crippen molar-refractivity contribution in [2.24, 2.45) is 5.92 Å². The van der Waals surface area contributed by atoms with Gasteiger partial charge in [0.2, 0.25) is 0 Å². The molecule has 0 saturated carbocycles. The average Bonchev–Trinajstić information content (AvgIpc) is 2.05. The maximum Gasteiger partial charge on any atom is 0.0218 e. The lowest BCUT2D eigenvalue weighted by Gasteiger charge is -2.32. The molecule has 0 aromatic carbocycles. The molecule has 12 heavy (non-hydrogen) atoms. The van der Waals surface area contributed by atoms with Gasteiger partial charge in [0.15, 0.2) is 0 Å². The maximum absolute atomic E-state index is 3.45. The van der Waals surface area contributed by atoms with E-state index in [2.05, 4.69) is 31.1 Å². The second kappa shape index (κ2) is 4.83. The monoisotopic (exact) mass is 170 g/mol. The van der Waals surface area contributed by atoms with E-state index in [1.54, 1.807) is 0 Å². The zero-order chi connectivity index (χ0) is 8.97. The molecule has 1 fully saturated rings. The van der Waals surface area contributed by atoms with Crippen LogP contribution in [0.1, 0.15) is 26.7 Å². The van der Waals surface area contributed by atoms with Crippen LogP contribution < -0.4 is 5.32 Å². The fraction of sp³-hybridized carbons (Fsp3) is 1.00. The summed E-state index contributed by atoms with van der Waals surface area (Å²) in [6.45, 7) is 8.20. The number of nitrogens with zero attached hydrogens (tertiary/aromatic N) is 1. The highest BCUT2D eigenvalue weighted by atomic mass is 15.2. The highest BCUT2D eigenvalue weighted by molar-refractivity contribution is 4.76. The van der Waals surface area contributed by atoms with Crippen molar-refractivity contribution in [3.8, 4) is 0 Å². The van der Waals surface area contributed by atoms with Crippen LogP contribution in [0.15, 0.2) is 0 Å². The van der Waals surface area contributed by atoms with Crippen molar-refractivity contribution in [1.29, 1.82) is 0 Å². The Morgan fingerprint density at radius 3 is 2.75 bits per heavy atom. The fourth-order valence-electron chi connectivity index (χ4n) is 1.93. The van der Waals surface area contributed by atoms with Crippen LogP contribution in [0.3, 0.4) is 0 Å². The quantitative estimate of drug-likeness (QED) is 0.687. The third-order valence-electron chi connectivity index (χ3n) is 2.55. The Labute approximate surface area is 76.3 Å². The van der Waals surface area contributed by atoms with Gasteiger partial charge in [0, 0.05) is 19.1 Å². The predicted molar refractivity (Wildman–Crippen MR) is 53.4 cm³/mol. The lowest BCUT2D eigenvalue weighted by molar-refractivity contribution is 0.184. The van der Waals surface area contributed by atoms with Crippen LogP contribution in [0.2, 0.25) is 0 Å². The molecular formula is C10H22N2. The van der Waals surface area contributed by atoms with Crippen LogP contribution in [0, 0.1) is 5.92 Å². The molecular weight excluding hydrogens is 148 g/mol. The largest absolute Gasteiger partial charge is 0.315 e. The van der Waals surface area contributed by atoms with Crippen molar-refractivity contribution in [2.45, 2.75) is 32.7 Å². The molecule has 1 N–H and O–H groups in total. The molecule has 0 bridgehead atoms. The van der Waals surface area contributed by atoms with Crippen LogP contribution in [0.5, 0.6) is 0 Å². The van der Waals surface area contributed by atoms with Gasteiger partial charge in [0.1, 0.15) is 0 Å². The molecule has 2 heteroatoms. The van der Waals surface area contributed by atoms with Crippen LogP contribution in [0.25, 0.3) is 0 Å². The van der Waals surface area contributed by atoms with Crippen LogP contribution in [-0.4, -0.2) is 37.6 Å². The molecule has 0 aromatic heterocycles. The van der Waals surface area contributed by atoms with E-state index in [9.17, 15) is 0 Å². The molecule has 1 unspecified atom stereocenters. The van der Waals surface area contributed by atoms with Gasteiger partial charge in [-0.1, -0.05) is 13.8 Å². The summed E-state index contributed by atoms with van der Waals surface area (Å²) in [7, 11) is 2.25. The summed E-state index contributed by atoms with van der Waals surface area (Å²) in [6, 6.07) is 0.779. The van der Waals surface area contributed by atoms with E-state index in [0.717, 1.165) is 12.0 Å². The van der Waals surface area contributed by atoms with Crippen LogP contribution in [0.4, 0.5) is 0 Å². The number of hydrogen-bond donors (Lipinski definition) is 1. The van der Waals surface area contributed by atoms with Gasteiger partial charge in [-0.25, -0.2) is 0 Å². The molecule has 1 saturated heterocycles. The van der Waals surface area contributed by atoms with Gasteiger partial charge >= 0.3 is 0 Å². The Hall–Kier alpha value is -0.0800. The van der Waals surface area contributed by atoms with Gasteiger partial charge in [0.25, 0.3) is 0 Å². The van der Waals surface area contributed by atoms with E-state index in [-0.39, 0.29) is 0 Å². The van der Waals surface area contributed by atoms with Crippen molar-refractivity contribution in [1.82, 2.24) is 10.2 Å². The molecule has 0 aromatic rings. The summed E-state index contributed by atoms with van der Waals surface area (Å²) >= 11 is 0. The summed E-state index contributed by atoms with van der Waals surface area (Å²) in [4.78, 5) is 2.50. The predicted octanol–water partition coefficient (Wildman–Crippen LogP) is 1.33. The normalized spacial score (nSPS) is 25.2. The third-order valence-corrected chi connectivity index (χ3v) is 2.55. The topological polar surface area (TPSA) is 15.3 Å². The number of rotatable bonds is 3. The first kappa shape index (κ1) is 10.0. The summed E-state index contributed by atoms with van der Waals surface area (Å²) in [5.41, 5.74) is 0. The van der Waals surface area contributed by atoms with Gasteiger partial charge in [-0.15, -0.1) is 0 Å². The summed E-state index contributed by atoms with van der Waals surface area (Å²) in [5.74, 6) is 0.789. The fourth-order valence-corrected chi connectivity index (χ4v) is 1.93. The van der Waals surface area contributed by atoms with Gasteiger partial charge in [0.05, 0.1) is 0 Å². The molecule has 72 valence electrons. The Kier molecular flexibility index (Phi) is 4.02. The second-order valence-corrected chi connectivity index (χ2v) is 4.33. The molecule has 0 amide bonds. The Morgan fingerprint density at radius 2 is 2.25 bits per heavy atom. The summed E-state index contributed by atoms with van der Waals surface area (Å²) in [6.07, 6.45) is 2.71. The van der Waals surface area contributed by atoms with E-state index >= 15 is 0 Å². The number of likely N-dealkylation sites (N-methyl/N-ethyl adjacent to an activating group) is 1. The molecule has 1 atom stereocenters. The molecule has 0 aliphatic carbocycles. The smallest absolute Gasteiger partial charge is 0.0218 e. The minimum atomic E-state index is 0.779. The van der Waals surface area contributed by atoms with Crippen molar-refractivity contribution in [2.75, 3.05) is 26.7 Å². The third kappa shape index (κ3) is 3.11. The van der Waals surface area contributed by atoms with E-state index in [0.29, 0.717) is 0 Å². The molecule has 1 rings (SSSR count). The van der Waals surface area contributed by atoms with Crippen molar-refractivity contribution >= 4 is 0 Å². The minimum absolute atomic E-state index is 0.779. The first-order valence-corrected chi connectivity index (χ1v) is 5.11. The lowest BCUT2D eigenvalue weighted by atomic mass is 10.1. The zero-order valence-corrected chi connectivity index (χ0v) is 8.64. The second-order valence-electron chi connectivity index (χ2n) is 4.33. The van der Waals surface area contributed by atoms with E-state index in [1.807, 2.05) is 0 Å². The zero-order valence-electron chi connectivity index (χ0n) is 8.64. The van der Waals surface area contributed by atoms with Gasteiger partial charge in [-0.05, 0) is 32.4 Å². The van der Waals surface area contributed by atoms with Crippen LogP contribution >= 0.6 is 0 Å². The number of hydrogen-bond acceptors (Lipinski definition) is 2. The summed E-state index contributed by atoms with van der Waals surface area (Å²) < 4.78 is 0. The average molecular weight is 170 g/mol. The van der Waals surface area contributed by atoms with Gasteiger partial charge in [-0.2, -0.15) is 0 Å². The molecule has 0 spiro atoms. The maximum atomic E-state index is 3.45. The molecule has 1 heterocycles. The van der Waals surface area contributed by atoms with Gasteiger partial charge in [-0.3, -0.25) is 0 Å². The first-order chi connectivity index (χ1) is 5.70. The van der Waals surface area contributed by atoms with E-state index in [4.69, 9.17) is 0 Å². The standard InChI is InChI=1S/C10H22N2/c1-9(2)8-12(3)10-5-4-6-11-7-10/h9-11H,4-8H2,1-3H3. The lowest BCUT2D eigenvalue weighted by Crippen LogP contribution is -2.45. The Balaban J connectivity index is 2.24. The van der Waals surface area contributed by atoms with Crippen molar-refractivity contribution in [3.05, 3.63) is 0 Å².